The highest BCUT2D eigenvalue weighted by molar-refractivity contribution is 5.99. The fraction of sp³-hybridized carbons (Fsp3) is 0.250. The Bertz CT molecular complexity index is 1610. The molecule has 2 atom stereocenters. The lowest BCUT2D eigenvalue weighted by atomic mass is 9.88. The maximum absolute atomic E-state index is 14.0. The Balaban J connectivity index is 1.51. The van der Waals surface area contributed by atoms with Gasteiger partial charge in [0, 0.05) is 28.3 Å². The number of halogens is 4. The lowest BCUT2D eigenvalue weighted by Gasteiger charge is -2.28. The van der Waals surface area contributed by atoms with Gasteiger partial charge in [-0.3, -0.25) is 9.78 Å². The number of nitrogens with one attached hydrogen (secondary N) is 1. The number of fused-ring (bicyclic) bond motifs is 2. The summed E-state index contributed by atoms with van der Waals surface area (Å²) < 4.78 is 66.4. The molecule has 0 spiro atoms. The van der Waals surface area contributed by atoms with Gasteiger partial charge in [0.1, 0.15) is 35.0 Å². The van der Waals surface area contributed by atoms with Gasteiger partial charge in [0.05, 0.1) is 19.3 Å². The van der Waals surface area contributed by atoms with Crippen LogP contribution in [0, 0.1) is 5.82 Å². The number of aliphatic hydroxyl groups is 1. The summed E-state index contributed by atoms with van der Waals surface area (Å²) in [6, 6.07) is 12.5. The van der Waals surface area contributed by atoms with Gasteiger partial charge in [0.25, 0.3) is 5.91 Å². The van der Waals surface area contributed by atoms with Gasteiger partial charge in [0.2, 0.25) is 0 Å². The smallest absolute Gasteiger partial charge is 0.414 e. The van der Waals surface area contributed by atoms with Crippen LogP contribution < -0.4 is 20.5 Å². The van der Waals surface area contributed by atoms with E-state index in [0.29, 0.717) is 16.7 Å². The molecule has 3 heterocycles. The van der Waals surface area contributed by atoms with E-state index in [-0.39, 0.29) is 28.3 Å². The number of pyridine rings is 2. The lowest BCUT2D eigenvalue weighted by molar-refractivity contribution is -0.191. The normalized spacial score (nSPS) is 18.1. The third-order valence-electron chi connectivity index (χ3n) is 6.82. The van der Waals surface area contributed by atoms with Gasteiger partial charge in [-0.15, -0.1) is 0 Å². The van der Waals surface area contributed by atoms with Gasteiger partial charge in [-0.2, -0.15) is 13.2 Å². The first-order valence-electron chi connectivity index (χ1n) is 12.1. The van der Waals surface area contributed by atoms with E-state index >= 15 is 0 Å². The second-order valence-electron chi connectivity index (χ2n) is 9.71. The second-order valence-corrected chi connectivity index (χ2v) is 9.71. The first-order valence-corrected chi connectivity index (χ1v) is 12.1. The first-order chi connectivity index (χ1) is 18.8. The summed E-state index contributed by atoms with van der Waals surface area (Å²) in [5.74, 6) is -0.981. The fourth-order valence-electron chi connectivity index (χ4n) is 4.48. The van der Waals surface area contributed by atoms with Gasteiger partial charge in [-0.25, -0.2) is 9.37 Å². The molecule has 0 saturated heterocycles. The van der Waals surface area contributed by atoms with E-state index in [4.69, 9.17) is 15.2 Å². The van der Waals surface area contributed by atoms with Crippen molar-refractivity contribution in [3.05, 3.63) is 83.4 Å². The van der Waals surface area contributed by atoms with Gasteiger partial charge in [0.15, 0.2) is 11.3 Å². The molecule has 40 heavy (non-hydrogen) atoms. The molecule has 0 aliphatic carbocycles. The number of ether oxygens (including phenoxy) is 2. The summed E-state index contributed by atoms with van der Waals surface area (Å²) in [4.78, 5) is 21.7. The van der Waals surface area contributed by atoms with Crippen molar-refractivity contribution in [2.75, 3.05) is 20.3 Å². The molecule has 8 nitrogen and oxygen atoms in total. The number of rotatable bonds is 6. The van der Waals surface area contributed by atoms with Crippen LogP contribution in [-0.4, -0.2) is 47.4 Å². The number of hydrogen-bond donors (Lipinski definition) is 3. The molecule has 0 radical (unpaired) electrons. The van der Waals surface area contributed by atoms with Crippen molar-refractivity contribution in [3.8, 4) is 22.8 Å². The molecule has 0 bridgehead atoms. The number of aromatic nitrogens is 2. The average Bonchev–Trinajstić information content (AvgIpc) is 3.29. The molecule has 208 valence electrons. The summed E-state index contributed by atoms with van der Waals surface area (Å²) >= 11 is 0. The maximum Gasteiger partial charge on any atom is 0.414 e. The van der Waals surface area contributed by atoms with Crippen LogP contribution in [-0.2, 0) is 11.1 Å². The summed E-state index contributed by atoms with van der Waals surface area (Å²) in [5, 5.41) is 14.6. The van der Waals surface area contributed by atoms with Crippen molar-refractivity contribution in [2.24, 2.45) is 5.73 Å². The zero-order valence-corrected chi connectivity index (χ0v) is 21.3. The Morgan fingerprint density at radius 2 is 1.93 bits per heavy atom. The molecule has 1 aliphatic heterocycles. The van der Waals surface area contributed by atoms with Crippen molar-refractivity contribution in [1.29, 1.82) is 0 Å². The Kier molecular flexibility index (Phi) is 6.63. The monoisotopic (exact) mass is 556 g/mol. The SMILES string of the molecule is COc1cc(C(=O)NCC(C)(O)c2cc3c(c(-c4ccc(F)cc4)n2)OCC3(N)C(F)(F)F)cc2cccnc12. The second kappa shape index (κ2) is 9.72. The molecule has 5 rings (SSSR count). The molecule has 0 saturated carbocycles. The Hall–Kier alpha value is -4.29. The zero-order valence-electron chi connectivity index (χ0n) is 21.3. The molecular weight excluding hydrogens is 532 g/mol. The van der Waals surface area contributed by atoms with Crippen LogP contribution in [0.15, 0.2) is 60.8 Å². The Morgan fingerprint density at radius 1 is 1.20 bits per heavy atom. The van der Waals surface area contributed by atoms with Crippen LogP contribution in [0.5, 0.6) is 11.5 Å². The quantitative estimate of drug-likeness (QED) is 0.305. The maximum atomic E-state index is 14.0. The number of nitrogens with zero attached hydrogens (tertiary/aromatic N) is 2. The molecule has 1 amide bonds. The number of alkyl halides is 3. The predicted octanol–water partition coefficient (Wildman–Crippen LogP) is 4.19. The minimum Gasteiger partial charge on any atom is -0.494 e. The minimum absolute atomic E-state index is 0.0533. The van der Waals surface area contributed by atoms with Gasteiger partial charge >= 0.3 is 6.18 Å². The van der Waals surface area contributed by atoms with E-state index < -0.39 is 47.8 Å². The summed E-state index contributed by atoms with van der Waals surface area (Å²) in [5.41, 5.74) is 1.32. The van der Waals surface area contributed by atoms with Crippen molar-refractivity contribution in [2.45, 2.75) is 24.2 Å². The fourth-order valence-corrected chi connectivity index (χ4v) is 4.48. The Morgan fingerprint density at radius 3 is 2.60 bits per heavy atom. The zero-order chi connectivity index (χ0) is 28.9. The number of carbonyl (C=O) groups is 1. The highest BCUT2D eigenvalue weighted by atomic mass is 19.4. The largest absolute Gasteiger partial charge is 0.494 e. The van der Waals surface area contributed by atoms with Crippen molar-refractivity contribution in [3.63, 3.8) is 0 Å². The number of methoxy groups -OCH3 is 1. The van der Waals surface area contributed by atoms with Crippen LogP contribution in [0.2, 0.25) is 0 Å². The van der Waals surface area contributed by atoms with Crippen LogP contribution in [0.1, 0.15) is 28.5 Å². The number of benzene rings is 2. The van der Waals surface area contributed by atoms with Gasteiger partial charge < -0.3 is 25.6 Å². The molecule has 4 N–H and O–H groups in total. The summed E-state index contributed by atoms with van der Waals surface area (Å²) in [6.07, 6.45) is -3.30. The van der Waals surface area contributed by atoms with Gasteiger partial charge in [-0.1, -0.05) is 6.07 Å². The number of carbonyl (C=O) groups excluding carboxylic acids is 1. The lowest BCUT2D eigenvalue weighted by Crippen LogP contribution is -2.52. The van der Waals surface area contributed by atoms with Crippen LogP contribution in [0.4, 0.5) is 17.6 Å². The first kappa shape index (κ1) is 27.3. The van der Waals surface area contributed by atoms with Crippen LogP contribution >= 0.6 is 0 Å². The molecule has 2 unspecified atom stereocenters. The minimum atomic E-state index is -4.89. The van der Waals surface area contributed by atoms with E-state index in [1.165, 1.54) is 32.2 Å². The van der Waals surface area contributed by atoms with Crippen LogP contribution in [0.25, 0.3) is 22.2 Å². The summed E-state index contributed by atoms with van der Waals surface area (Å²) in [6.45, 7) is -0.0239. The van der Waals surface area contributed by atoms with E-state index in [1.54, 1.807) is 24.4 Å². The average molecular weight is 557 g/mol. The predicted molar refractivity (Wildman–Crippen MR) is 137 cm³/mol. The highest BCUT2D eigenvalue weighted by Crippen LogP contribution is 2.49. The number of hydrogen-bond acceptors (Lipinski definition) is 7. The standard InChI is InChI=1S/C28H24F4N4O4/c1-26(38,13-35-25(37)17-10-16-4-3-9-34-22(16)20(11-17)39-2)21-12-19-24(40-14-27(19,33)28(30,31)32)23(36-21)15-5-7-18(29)8-6-15/h3-12,38H,13-14,33H2,1-2H3,(H,35,37). The molecule has 2 aromatic heterocycles. The molecular formula is C28H24F4N4O4. The number of nitrogens with two attached hydrogens (primary N) is 1. The topological polar surface area (TPSA) is 120 Å². The summed E-state index contributed by atoms with van der Waals surface area (Å²) in [7, 11) is 1.44. The van der Waals surface area contributed by atoms with Crippen molar-refractivity contribution >= 4 is 16.8 Å². The molecule has 2 aromatic carbocycles. The van der Waals surface area contributed by atoms with E-state index in [1.807, 2.05) is 0 Å². The van der Waals surface area contributed by atoms with E-state index in [9.17, 15) is 27.5 Å². The molecule has 1 aliphatic rings. The third kappa shape index (κ3) is 4.69. The van der Waals surface area contributed by atoms with Gasteiger partial charge in [-0.05, 0) is 55.5 Å². The number of amides is 1. The van der Waals surface area contributed by atoms with E-state index in [0.717, 1.165) is 18.2 Å². The molecule has 4 aromatic rings. The van der Waals surface area contributed by atoms with Crippen LogP contribution in [0.3, 0.4) is 0 Å². The van der Waals surface area contributed by atoms with Crippen molar-refractivity contribution in [1.82, 2.24) is 15.3 Å². The highest BCUT2D eigenvalue weighted by Gasteiger charge is 2.59. The molecule has 12 heteroatoms. The Labute approximate surface area is 225 Å². The van der Waals surface area contributed by atoms with Crippen molar-refractivity contribution < 1.29 is 36.9 Å². The van der Waals surface area contributed by atoms with E-state index in [2.05, 4.69) is 15.3 Å². The molecule has 0 fully saturated rings. The third-order valence-corrected chi connectivity index (χ3v) is 6.82.